The molecule has 1 aromatic rings. The van der Waals surface area contributed by atoms with E-state index in [9.17, 15) is 0 Å². The van der Waals surface area contributed by atoms with Crippen LogP contribution < -0.4 is 11.1 Å². The molecular formula is C11H17N3S. The zero-order valence-electron chi connectivity index (χ0n) is 8.78. The highest BCUT2D eigenvalue weighted by atomic mass is 32.1. The number of anilines is 2. The fraction of sp³-hybridized carbons (Fsp3) is 0.727. The summed E-state index contributed by atoms with van der Waals surface area (Å²) in [7, 11) is 0. The van der Waals surface area contributed by atoms with Gasteiger partial charge in [-0.05, 0) is 37.0 Å². The van der Waals surface area contributed by atoms with E-state index in [0.29, 0.717) is 0 Å². The van der Waals surface area contributed by atoms with Crippen molar-refractivity contribution in [2.24, 2.45) is 17.8 Å². The van der Waals surface area contributed by atoms with Gasteiger partial charge < -0.3 is 11.1 Å². The Morgan fingerprint density at radius 3 is 3.00 bits per heavy atom. The van der Waals surface area contributed by atoms with Crippen molar-refractivity contribution >= 4 is 21.5 Å². The second-order valence-electron chi connectivity index (χ2n) is 4.88. The summed E-state index contributed by atoms with van der Waals surface area (Å²) in [5.41, 5.74) is 5.64. The molecule has 2 fully saturated rings. The lowest BCUT2D eigenvalue weighted by Crippen LogP contribution is -2.19. The molecule has 2 bridgehead atoms. The Labute approximate surface area is 94.1 Å². The van der Waals surface area contributed by atoms with Crippen LogP contribution in [0.3, 0.4) is 0 Å². The van der Waals surface area contributed by atoms with E-state index in [1.165, 1.54) is 25.7 Å². The van der Waals surface area contributed by atoms with Crippen LogP contribution in [0.2, 0.25) is 0 Å². The number of nitrogens with zero attached hydrogens (tertiary/aromatic N) is 1. The number of rotatable bonds is 3. The van der Waals surface area contributed by atoms with Crippen molar-refractivity contribution in [3.8, 4) is 0 Å². The number of aromatic nitrogens is 1. The molecule has 1 heterocycles. The Bertz CT molecular complexity index is 349. The van der Waals surface area contributed by atoms with Crippen LogP contribution >= 0.6 is 11.3 Å². The topological polar surface area (TPSA) is 50.9 Å². The first kappa shape index (κ1) is 9.46. The van der Waals surface area contributed by atoms with E-state index in [4.69, 9.17) is 5.73 Å². The molecule has 3 unspecified atom stereocenters. The van der Waals surface area contributed by atoms with Crippen molar-refractivity contribution < 1.29 is 0 Å². The minimum atomic E-state index is 0.797. The van der Waals surface area contributed by atoms with Crippen molar-refractivity contribution in [2.45, 2.75) is 25.7 Å². The van der Waals surface area contributed by atoms with Gasteiger partial charge in [-0.3, -0.25) is 0 Å². The molecule has 3 rings (SSSR count). The molecule has 3 nitrogen and oxygen atoms in total. The second-order valence-corrected chi connectivity index (χ2v) is 5.95. The van der Waals surface area contributed by atoms with Gasteiger partial charge in [-0.1, -0.05) is 17.8 Å². The lowest BCUT2D eigenvalue weighted by Gasteiger charge is -2.21. The van der Waals surface area contributed by atoms with Gasteiger partial charge in [-0.15, -0.1) is 0 Å². The molecule has 0 aromatic carbocycles. The summed E-state index contributed by atoms with van der Waals surface area (Å²) >= 11 is 1.55. The number of nitrogens with one attached hydrogen (secondary N) is 1. The van der Waals surface area contributed by atoms with Gasteiger partial charge in [0.05, 0.1) is 6.20 Å². The molecule has 2 aliphatic carbocycles. The van der Waals surface area contributed by atoms with Crippen molar-refractivity contribution in [1.82, 2.24) is 4.98 Å². The van der Waals surface area contributed by atoms with Crippen LogP contribution in [0.4, 0.5) is 10.1 Å². The molecule has 0 aliphatic heterocycles. The first-order chi connectivity index (χ1) is 7.31. The third kappa shape index (κ3) is 1.83. The van der Waals surface area contributed by atoms with Gasteiger partial charge in [0.15, 0.2) is 5.13 Å². The maximum Gasteiger partial charge on any atom is 0.184 e. The third-order valence-electron chi connectivity index (χ3n) is 3.92. The molecule has 4 heteroatoms. The molecule has 3 N–H and O–H groups in total. The Balaban J connectivity index is 1.54. The Kier molecular flexibility index (Phi) is 2.31. The van der Waals surface area contributed by atoms with Crippen molar-refractivity contribution in [3.05, 3.63) is 6.20 Å². The summed E-state index contributed by atoms with van der Waals surface area (Å²) in [5, 5.41) is 5.20. The molecule has 82 valence electrons. The average Bonchev–Trinajstić information content (AvgIpc) is 2.90. The summed E-state index contributed by atoms with van der Waals surface area (Å²) in [4.78, 5) is 4.22. The van der Waals surface area contributed by atoms with Gasteiger partial charge in [0.25, 0.3) is 0 Å². The highest BCUT2D eigenvalue weighted by molar-refractivity contribution is 7.19. The molecule has 2 aliphatic rings. The van der Waals surface area contributed by atoms with Gasteiger partial charge in [-0.2, -0.15) is 0 Å². The Morgan fingerprint density at radius 1 is 1.47 bits per heavy atom. The predicted octanol–water partition coefficient (Wildman–Crippen LogP) is 2.57. The molecule has 15 heavy (non-hydrogen) atoms. The summed E-state index contributed by atoms with van der Waals surface area (Å²) in [6, 6.07) is 0. The average molecular weight is 223 g/mol. The number of thiazole rings is 1. The quantitative estimate of drug-likeness (QED) is 0.828. The van der Waals surface area contributed by atoms with E-state index in [1.807, 2.05) is 0 Å². The van der Waals surface area contributed by atoms with Crippen LogP contribution in [0, 0.1) is 17.8 Å². The van der Waals surface area contributed by atoms with E-state index in [0.717, 1.165) is 34.4 Å². The molecule has 0 amide bonds. The smallest absolute Gasteiger partial charge is 0.184 e. The fourth-order valence-electron chi connectivity index (χ4n) is 3.21. The van der Waals surface area contributed by atoms with E-state index in [1.54, 1.807) is 17.5 Å². The van der Waals surface area contributed by atoms with Crippen molar-refractivity contribution in [2.75, 3.05) is 17.6 Å². The second kappa shape index (κ2) is 3.67. The maximum absolute atomic E-state index is 5.64. The van der Waals surface area contributed by atoms with Crippen LogP contribution in [0.25, 0.3) is 0 Å². The first-order valence-electron chi connectivity index (χ1n) is 5.76. The zero-order chi connectivity index (χ0) is 10.3. The number of fused-ring (bicyclic) bond motifs is 2. The number of nitrogens with two attached hydrogens (primary N) is 1. The van der Waals surface area contributed by atoms with Crippen LogP contribution in [0.15, 0.2) is 6.20 Å². The molecular weight excluding hydrogens is 206 g/mol. The van der Waals surface area contributed by atoms with Gasteiger partial charge >= 0.3 is 0 Å². The fourth-order valence-corrected chi connectivity index (χ4v) is 3.80. The van der Waals surface area contributed by atoms with Gasteiger partial charge in [-0.25, -0.2) is 4.98 Å². The van der Waals surface area contributed by atoms with Crippen LogP contribution in [0.5, 0.6) is 0 Å². The lowest BCUT2D eigenvalue weighted by atomic mass is 9.89. The Morgan fingerprint density at radius 2 is 2.40 bits per heavy atom. The molecule has 0 saturated heterocycles. The van der Waals surface area contributed by atoms with Gasteiger partial charge in [0.1, 0.15) is 5.00 Å². The van der Waals surface area contributed by atoms with Crippen LogP contribution in [0.1, 0.15) is 25.7 Å². The van der Waals surface area contributed by atoms with E-state index >= 15 is 0 Å². The summed E-state index contributed by atoms with van der Waals surface area (Å²) < 4.78 is 0. The number of hydrogen-bond acceptors (Lipinski definition) is 4. The summed E-state index contributed by atoms with van der Waals surface area (Å²) in [5.74, 6) is 2.90. The minimum Gasteiger partial charge on any atom is -0.389 e. The molecule has 2 saturated carbocycles. The largest absolute Gasteiger partial charge is 0.389 e. The monoisotopic (exact) mass is 223 g/mol. The number of hydrogen-bond donors (Lipinski definition) is 2. The highest BCUT2D eigenvalue weighted by Gasteiger charge is 2.39. The first-order valence-corrected chi connectivity index (χ1v) is 6.58. The Hall–Kier alpha value is -0.770. The minimum absolute atomic E-state index is 0.797. The summed E-state index contributed by atoms with van der Waals surface area (Å²) in [6.07, 6.45) is 7.57. The van der Waals surface area contributed by atoms with Crippen molar-refractivity contribution in [3.63, 3.8) is 0 Å². The van der Waals surface area contributed by atoms with Crippen LogP contribution in [-0.2, 0) is 0 Å². The zero-order valence-corrected chi connectivity index (χ0v) is 9.59. The maximum atomic E-state index is 5.64. The molecule has 0 radical (unpaired) electrons. The van der Waals surface area contributed by atoms with E-state index in [2.05, 4.69) is 10.3 Å². The standard InChI is InChI=1S/C11H17N3S/c12-10-6-14-11(15-10)13-5-9-4-7-1-2-8(9)3-7/h6-9H,1-5,12H2,(H,13,14). The normalized spacial score (nSPS) is 33.5. The van der Waals surface area contributed by atoms with Gasteiger partial charge in [0, 0.05) is 6.54 Å². The lowest BCUT2D eigenvalue weighted by molar-refractivity contribution is 0.348. The SMILES string of the molecule is Nc1cnc(NCC2CC3CCC2C3)s1. The molecule has 0 spiro atoms. The van der Waals surface area contributed by atoms with E-state index < -0.39 is 0 Å². The highest BCUT2D eigenvalue weighted by Crippen LogP contribution is 2.48. The number of nitrogen functional groups attached to an aromatic ring is 1. The van der Waals surface area contributed by atoms with Crippen molar-refractivity contribution in [1.29, 1.82) is 0 Å². The van der Waals surface area contributed by atoms with E-state index in [-0.39, 0.29) is 0 Å². The van der Waals surface area contributed by atoms with Gasteiger partial charge in [0.2, 0.25) is 0 Å². The third-order valence-corrected chi connectivity index (χ3v) is 4.71. The summed E-state index contributed by atoms with van der Waals surface area (Å²) in [6.45, 7) is 1.09. The van der Waals surface area contributed by atoms with Crippen LogP contribution in [-0.4, -0.2) is 11.5 Å². The molecule has 3 atom stereocenters. The predicted molar refractivity (Wildman–Crippen MR) is 64.0 cm³/mol. The molecule has 1 aromatic heterocycles.